The molecule has 0 N–H and O–H groups in total. The molecule has 2 aliphatic rings. The van der Waals surface area contributed by atoms with Crippen LogP contribution in [0, 0.1) is 6.92 Å². The van der Waals surface area contributed by atoms with E-state index in [0.717, 1.165) is 38.5 Å². The second-order valence-electron chi connectivity index (χ2n) is 7.95. The standard InChI is InChI=1S/C21H30N2O5S/c1-16-9-10-18(14-19(16)29(26,27)22-11-5-3-6-12-22)21(25)28-15-20(24)23-13-7-4-8-17(23)2/h9-10,14,17H,3-8,11-13,15H2,1-2H3. The van der Waals surface area contributed by atoms with Gasteiger partial charge in [0.1, 0.15) is 0 Å². The fourth-order valence-electron chi connectivity index (χ4n) is 4.01. The Morgan fingerprint density at radius 3 is 2.45 bits per heavy atom. The Bertz CT molecular complexity index is 862. The number of sulfonamides is 1. The molecule has 3 rings (SSSR count). The SMILES string of the molecule is Cc1ccc(C(=O)OCC(=O)N2CCCCC2C)cc1S(=O)(=O)N1CCCCC1. The summed E-state index contributed by atoms with van der Waals surface area (Å²) in [4.78, 5) is 26.7. The van der Waals surface area contributed by atoms with Crippen LogP contribution in [0.1, 0.15) is 61.4 Å². The number of piperidine rings is 2. The highest BCUT2D eigenvalue weighted by atomic mass is 32.2. The number of hydrogen-bond donors (Lipinski definition) is 0. The largest absolute Gasteiger partial charge is 0.452 e. The van der Waals surface area contributed by atoms with Crippen LogP contribution in [0.5, 0.6) is 0 Å². The summed E-state index contributed by atoms with van der Waals surface area (Å²) in [7, 11) is -3.65. The van der Waals surface area contributed by atoms with Gasteiger partial charge in [-0.2, -0.15) is 4.31 Å². The van der Waals surface area contributed by atoms with Crippen LogP contribution in [-0.4, -0.2) is 61.8 Å². The van der Waals surface area contributed by atoms with Crippen LogP contribution < -0.4 is 0 Å². The van der Waals surface area contributed by atoms with Crippen LogP contribution in [0.15, 0.2) is 23.1 Å². The lowest BCUT2D eigenvalue weighted by molar-refractivity contribution is -0.137. The number of rotatable bonds is 5. The number of hydrogen-bond acceptors (Lipinski definition) is 5. The van der Waals surface area contributed by atoms with Crippen molar-refractivity contribution in [3.63, 3.8) is 0 Å². The molecule has 7 nitrogen and oxygen atoms in total. The molecule has 0 saturated carbocycles. The summed E-state index contributed by atoms with van der Waals surface area (Å²) >= 11 is 0. The molecule has 0 aliphatic carbocycles. The topological polar surface area (TPSA) is 84.0 Å². The molecule has 2 fully saturated rings. The molecule has 1 aromatic carbocycles. The molecule has 1 amide bonds. The maximum absolute atomic E-state index is 13.0. The summed E-state index contributed by atoms with van der Waals surface area (Å²) in [5.41, 5.74) is 0.732. The Labute approximate surface area is 173 Å². The predicted octanol–water partition coefficient (Wildman–Crippen LogP) is 2.73. The van der Waals surface area contributed by atoms with Gasteiger partial charge in [-0.15, -0.1) is 0 Å². The number of esters is 1. The van der Waals surface area contributed by atoms with E-state index in [9.17, 15) is 18.0 Å². The van der Waals surface area contributed by atoms with Crippen LogP contribution in [0.25, 0.3) is 0 Å². The van der Waals surface area contributed by atoms with Gasteiger partial charge in [-0.25, -0.2) is 13.2 Å². The Morgan fingerprint density at radius 1 is 1.07 bits per heavy atom. The molecule has 2 saturated heterocycles. The van der Waals surface area contributed by atoms with Crippen molar-refractivity contribution in [1.82, 2.24) is 9.21 Å². The molecule has 160 valence electrons. The van der Waals surface area contributed by atoms with E-state index in [1.165, 1.54) is 10.4 Å². The van der Waals surface area contributed by atoms with Crippen molar-refractivity contribution in [3.05, 3.63) is 29.3 Å². The minimum atomic E-state index is -3.65. The molecule has 0 bridgehead atoms. The third-order valence-electron chi connectivity index (χ3n) is 5.81. The van der Waals surface area contributed by atoms with E-state index in [1.807, 2.05) is 6.92 Å². The van der Waals surface area contributed by atoms with Gasteiger partial charge in [-0.05, 0) is 63.6 Å². The summed E-state index contributed by atoms with van der Waals surface area (Å²) in [6.07, 6.45) is 5.73. The van der Waals surface area contributed by atoms with Gasteiger partial charge in [0.15, 0.2) is 6.61 Å². The first-order valence-electron chi connectivity index (χ1n) is 10.4. The molecule has 8 heteroatoms. The Hall–Kier alpha value is -1.93. The number of nitrogens with zero attached hydrogens (tertiary/aromatic N) is 2. The quantitative estimate of drug-likeness (QED) is 0.681. The van der Waals surface area contributed by atoms with Crippen LogP contribution >= 0.6 is 0 Å². The average molecular weight is 423 g/mol. The van der Waals surface area contributed by atoms with Crippen LogP contribution in [0.2, 0.25) is 0 Å². The van der Waals surface area contributed by atoms with E-state index in [2.05, 4.69) is 0 Å². The van der Waals surface area contributed by atoms with Gasteiger partial charge in [-0.3, -0.25) is 4.79 Å². The van der Waals surface area contributed by atoms with Gasteiger partial charge >= 0.3 is 5.97 Å². The zero-order valence-corrected chi connectivity index (χ0v) is 18.0. The zero-order valence-electron chi connectivity index (χ0n) is 17.2. The summed E-state index contributed by atoms with van der Waals surface area (Å²) < 4.78 is 32.7. The summed E-state index contributed by atoms with van der Waals surface area (Å²) in [6, 6.07) is 4.67. The lowest BCUT2D eigenvalue weighted by Crippen LogP contribution is -2.44. The van der Waals surface area contributed by atoms with Gasteiger partial charge in [0.25, 0.3) is 5.91 Å². The van der Waals surface area contributed by atoms with E-state index in [1.54, 1.807) is 24.0 Å². The monoisotopic (exact) mass is 422 g/mol. The van der Waals surface area contributed by atoms with E-state index in [0.29, 0.717) is 25.2 Å². The fraction of sp³-hybridized carbons (Fsp3) is 0.619. The van der Waals surface area contributed by atoms with Gasteiger partial charge in [0, 0.05) is 25.7 Å². The number of benzene rings is 1. The Morgan fingerprint density at radius 2 is 1.76 bits per heavy atom. The molecule has 1 atom stereocenters. The third kappa shape index (κ3) is 4.98. The smallest absolute Gasteiger partial charge is 0.338 e. The fourth-order valence-corrected chi connectivity index (χ4v) is 5.78. The zero-order chi connectivity index (χ0) is 21.0. The summed E-state index contributed by atoms with van der Waals surface area (Å²) in [6.45, 7) is 5.06. The third-order valence-corrected chi connectivity index (χ3v) is 7.85. The number of ether oxygens (including phenoxy) is 1. The molecule has 29 heavy (non-hydrogen) atoms. The molecule has 1 unspecified atom stereocenters. The number of amides is 1. The Kier molecular flexibility index (Phi) is 6.95. The van der Waals surface area contributed by atoms with Gasteiger partial charge in [0.05, 0.1) is 10.5 Å². The number of carbonyl (C=O) groups excluding carboxylic acids is 2. The summed E-state index contributed by atoms with van der Waals surface area (Å²) in [5.74, 6) is -0.892. The molecular weight excluding hydrogens is 392 g/mol. The van der Waals surface area contributed by atoms with Crippen molar-refractivity contribution in [3.8, 4) is 0 Å². The van der Waals surface area contributed by atoms with E-state index in [4.69, 9.17) is 4.74 Å². The molecule has 2 aliphatic heterocycles. The normalized spacial score (nSPS) is 21.0. The van der Waals surface area contributed by atoms with Gasteiger partial charge < -0.3 is 9.64 Å². The maximum atomic E-state index is 13.0. The minimum Gasteiger partial charge on any atom is -0.452 e. The van der Waals surface area contributed by atoms with Crippen molar-refractivity contribution in [1.29, 1.82) is 0 Å². The van der Waals surface area contributed by atoms with Crippen molar-refractivity contribution in [2.75, 3.05) is 26.2 Å². The van der Waals surface area contributed by atoms with Crippen molar-refractivity contribution >= 4 is 21.9 Å². The average Bonchev–Trinajstić information content (AvgIpc) is 2.73. The van der Waals surface area contributed by atoms with Crippen molar-refractivity contribution in [2.24, 2.45) is 0 Å². The first-order chi connectivity index (χ1) is 13.8. The van der Waals surface area contributed by atoms with Gasteiger partial charge in [0.2, 0.25) is 10.0 Å². The lowest BCUT2D eigenvalue weighted by atomic mass is 10.0. The molecule has 0 radical (unpaired) electrons. The van der Waals surface area contributed by atoms with Crippen LogP contribution in [-0.2, 0) is 19.6 Å². The predicted molar refractivity (Wildman–Crippen MR) is 109 cm³/mol. The second-order valence-corrected chi connectivity index (χ2v) is 9.86. The van der Waals surface area contributed by atoms with E-state index >= 15 is 0 Å². The molecule has 1 aromatic rings. The lowest BCUT2D eigenvalue weighted by Gasteiger charge is -2.33. The number of likely N-dealkylation sites (tertiary alicyclic amines) is 1. The first-order valence-corrected chi connectivity index (χ1v) is 11.8. The van der Waals surface area contributed by atoms with Crippen LogP contribution in [0.3, 0.4) is 0 Å². The van der Waals surface area contributed by atoms with Crippen LogP contribution in [0.4, 0.5) is 0 Å². The van der Waals surface area contributed by atoms with E-state index < -0.39 is 16.0 Å². The molecule has 2 heterocycles. The summed E-state index contributed by atoms with van der Waals surface area (Å²) in [5, 5.41) is 0. The van der Waals surface area contributed by atoms with E-state index in [-0.39, 0.29) is 29.0 Å². The minimum absolute atomic E-state index is 0.129. The number of carbonyl (C=O) groups is 2. The van der Waals surface area contributed by atoms with Crippen molar-refractivity contribution < 1.29 is 22.7 Å². The molecule has 0 aromatic heterocycles. The second kappa shape index (κ2) is 9.26. The highest BCUT2D eigenvalue weighted by molar-refractivity contribution is 7.89. The maximum Gasteiger partial charge on any atom is 0.338 e. The highest BCUT2D eigenvalue weighted by Crippen LogP contribution is 2.25. The molecular formula is C21H30N2O5S. The van der Waals surface area contributed by atoms with Gasteiger partial charge in [-0.1, -0.05) is 12.5 Å². The molecule has 0 spiro atoms. The van der Waals surface area contributed by atoms with Crippen molar-refractivity contribution in [2.45, 2.75) is 63.3 Å². The first kappa shape index (κ1) is 21.8. The highest BCUT2D eigenvalue weighted by Gasteiger charge is 2.29. The Balaban J connectivity index is 1.70. The number of aryl methyl sites for hydroxylation is 1.